The van der Waals surface area contributed by atoms with Crippen molar-refractivity contribution in [3.63, 3.8) is 0 Å². The van der Waals surface area contributed by atoms with Crippen LogP contribution in [0.15, 0.2) is 60.7 Å². The van der Waals surface area contributed by atoms with Crippen molar-refractivity contribution < 1.29 is 5.11 Å². The molecule has 0 unspecified atom stereocenters. The van der Waals surface area contributed by atoms with Crippen LogP contribution >= 0.6 is 0 Å². The first kappa shape index (κ1) is 13.2. The van der Waals surface area contributed by atoms with Gasteiger partial charge in [-0.3, -0.25) is 5.01 Å². The molecule has 3 heteroatoms. The number of hydrazine groups is 1. The first-order chi connectivity index (χ1) is 9.84. The molecular weight excluding hydrogens is 248 g/mol. The van der Waals surface area contributed by atoms with Gasteiger partial charge in [0.15, 0.2) is 0 Å². The van der Waals surface area contributed by atoms with Gasteiger partial charge in [-0.25, -0.2) is 5.43 Å². The van der Waals surface area contributed by atoms with Crippen LogP contribution in [0.4, 0.5) is 11.4 Å². The second kappa shape index (κ2) is 6.07. The van der Waals surface area contributed by atoms with Crippen molar-refractivity contribution in [2.24, 2.45) is 0 Å². The van der Waals surface area contributed by atoms with Crippen molar-refractivity contribution >= 4 is 11.4 Å². The Morgan fingerprint density at radius 3 is 1.85 bits per heavy atom. The van der Waals surface area contributed by atoms with E-state index in [4.69, 9.17) is 0 Å². The molecule has 20 heavy (non-hydrogen) atoms. The maximum absolute atomic E-state index is 10.0. The Balaban J connectivity index is 1.88. The third-order valence-electron chi connectivity index (χ3n) is 3.80. The van der Waals surface area contributed by atoms with Gasteiger partial charge in [-0.2, -0.15) is 0 Å². The van der Waals surface area contributed by atoms with Gasteiger partial charge in [0, 0.05) is 0 Å². The van der Waals surface area contributed by atoms with Crippen molar-refractivity contribution in [3.05, 3.63) is 60.7 Å². The molecule has 0 spiro atoms. The molecule has 0 aliphatic heterocycles. The van der Waals surface area contributed by atoms with E-state index in [0.717, 1.165) is 30.6 Å². The third kappa shape index (κ3) is 2.84. The predicted molar refractivity (Wildman–Crippen MR) is 81.8 cm³/mol. The minimum atomic E-state index is -0.259. The molecule has 0 radical (unpaired) electrons. The zero-order valence-electron chi connectivity index (χ0n) is 11.4. The van der Waals surface area contributed by atoms with E-state index in [1.165, 1.54) is 0 Å². The maximum Gasteiger partial charge on any atom is 0.0711 e. The summed E-state index contributed by atoms with van der Waals surface area (Å²) in [5, 5.41) is 12.1. The molecular formula is C17H20N2O. The summed E-state index contributed by atoms with van der Waals surface area (Å²) in [6.45, 7) is 0. The highest BCUT2D eigenvalue weighted by molar-refractivity contribution is 5.61. The van der Waals surface area contributed by atoms with Gasteiger partial charge in [0.25, 0.3) is 0 Å². The van der Waals surface area contributed by atoms with Crippen molar-refractivity contribution in [3.8, 4) is 0 Å². The number of benzene rings is 2. The van der Waals surface area contributed by atoms with E-state index >= 15 is 0 Å². The van der Waals surface area contributed by atoms with Gasteiger partial charge in [0.05, 0.1) is 23.5 Å². The van der Waals surface area contributed by atoms with Gasteiger partial charge >= 0.3 is 0 Å². The number of hydrogen-bond acceptors (Lipinski definition) is 3. The van der Waals surface area contributed by atoms with Crippen LogP contribution in [0, 0.1) is 0 Å². The van der Waals surface area contributed by atoms with Crippen molar-refractivity contribution in [2.45, 2.75) is 31.4 Å². The van der Waals surface area contributed by atoms with Crippen molar-refractivity contribution in [1.29, 1.82) is 0 Å². The topological polar surface area (TPSA) is 35.5 Å². The molecule has 0 amide bonds. The molecule has 2 aromatic rings. The van der Waals surface area contributed by atoms with Gasteiger partial charge in [-0.15, -0.1) is 0 Å². The maximum atomic E-state index is 10.0. The van der Waals surface area contributed by atoms with Crippen molar-refractivity contribution in [2.75, 3.05) is 5.01 Å². The average Bonchev–Trinajstić information content (AvgIpc) is 2.92. The molecule has 1 aliphatic rings. The standard InChI is InChI=1S/C17H20N2O/c20-17-13-7-12-16(17)18-19(14-8-3-1-4-9-14)15-10-5-2-6-11-15/h1-6,8-11,16-18,20H,7,12-13H2/t16-,17+/m1/s1. The SMILES string of the molecule is O[C@H]1CCC[C@H]1NN(c1ccccc1)c1ccccc1. The lowest BCUT2D eigenvalue weighted by Crippen LogP contribution is -2.45. The van der Waals surface area contributed by atoms with Crippen LogP contribution in [0.5, 0.6) is 0 Å². The summed E-state index contributed by atoms with van der Waals surface area (Å²) in [6.07, 6.45) is 2.72. The summed E-state index contributed by atoms with van der Waals surface area (Å²) in [5.74, 6) is 0. The third-order valence-corrected chi connectivity index (χ3v) is 3.80. The minimum absolute atomic E-state index is 0.121. The van der Waals surface area contributed by atoms with Crippen LogP contribution in [0.3, 0.4) is 0 Å². The highest BCUT2D eigenvalue weighted by Crippen LogP contribution is 2.26. The number of nitrogens with zero attached hydrogens (tertiary/aromatic N) is 1. The summed E-state index contributed by atoms with van der Waals surface area (Å²) in [6, 6.07) is 20.5. The Kier molecular flexibility index (Phi) is 4.00. The van der Waals surface area contributed by atoms with E-state index in [-0.39, 0.29) is 12.1 Å². The summed E-state index contributed by atoms with van der Waals surface area (Å²) in [4.78, 5) is 0. The van der Waals surface area contributed by atoms with E-state index < -0.39 is 0 Å². The van der Waals surface area contributed by atoms with Crippen LogP contribution in [0.25, 0.3) is 0 Å². The van der Waals surface area contributed by atoms with E-state index in [1.807, 2.05) is 36.4 Å². The molecule has 2 atom stereocenters. The Morgan fingerprint density at radius 2 is 1.40 bits per heavy atom. The van der Waals surface area contributed by atoms with E-state index in [9.17, 15) is 5.11 Å². The number of aliphatic hydroxyl groups is 1. The summed E-state index contributed by atoms with van der Waals surface area (Å²) in [5.41, 5.74) is 5.64. The Labute approximate surface area is 119 Å². The van der Waals surface area contributed by atoms with E-state index in [1.54, 1.807) is 0 Å². The lowest BCUT2D eigenvalue weighted by molar-refractivity contribution is 0.149. The number of aliphatic hydroxyl groups excluding tert-OH is 1. The minimum Gasteiger partial charge on any atom is -0.391 e. The zero-order chi connectivity index (χ0) is 13.8. The molecule has 1 saturated carbocycles. The number of para-hydroxylation sites is 2. The van der Waals surface area contributed by atoms with Crippen molar-refractivity contribution in [1.82, 2.24) is 5.43 Å². The smallest absolute Gasteiger partial charge is 0.0711 e. The molecule has 3 nitrogen and oxygen atoms in total. The first-order valence-corrected chi connectivity index (χ1v) is 7.19. The van der Waals surface area contributed by atoms with Gasteiger partial charge < -0.3 is 5.11 Å². The second-order valence-electron chi connectivity index (χ2n) is 5.24. The van der Waals surface area contributed by atoms with Crippen LogP contribution in [0.2, 0.25) is 0 Å². The molecule has 1 fully saturated rings. The molecule has 0 bridgehead atoms. The van der Waals surface area contributed by atoms with E-state index in [0.29, 0.717) is 0 Å². The molecule has 3 rings (SSSR count). The Bertz CT molecular complexity index is 490. The van der Waals surface area contributed by atoms with Gasteiger partial charge in [-0.1, -0.05) is 36.4 Å². The lowest BCUT2D eigenvalue weighted by Gasteiger charge is -2.30. The van der Waals surface area contributed by atoms with Crippen LogP contribution in [-0.4, -0.2) is 17.3 Å². The lowest BCUT2D eigenvalue weighted by atomic mass is 10.2. The summed E-state index contributed by atoms with van der Waals surface area (Å²) in [7, 11) is 0. The molecule has 1 aliphatic carbocycles. The Hall–Kier alpha value is -1.84. The number of nitrogens with one attached hydrogen (secondary N) is 1. The first-order valence-electron chi connectivity index (χ1n) is 7.19. The zero-order valence-corrected chi connectivity index (χ0v) is 11.4. The molecule has 2 N–H and O–H groups in total. The number of rotatable bonds is 4. The van der Waals surface area contributed by atoms with Gasteiger partial charge in [0.2, 0.25) is 0 Å². The van der Waals surface area contributed by atoms with Crippen LogP contribution in [-0.2, 0) is 0 Å². The Morgan fingerprint density at radius 1 is 0.850 bits per heavy atom. The van der Waals surface area contributed by atoms with E-state index in [2.05, 4.69) is 34.7 Å². The molecule has 0 aromatic heterocycles. The largest absolute Gasteiger partial charge is 0.391 e. The highest BCUT2D eigenvalue weighted by atomic mass is 16.3. The van der Waals surface area contributed by atoms with Crippen LogP contribution in [0.1, 0.15) is 19.3 Å². The van der Waals surface area contributed by atoms with Gasteiger partial charge in [0.1, 0.15) is 0 Å². The quantitative estimate of drug-likeness (QED) is 0.836. The fourth-order valence-corrected chi connectivity index (χ4v) is 2.71. The second-order valence-corrected chi connectivity index (χ2v) is 5.24. The molecule has 104 valence electrons. The van der Waals surface area contributed by atoms with Crippen LogP contribution < -0.4 is 10.4 Å². The molecule has 2 aromatic carbocycles. The highest BCUT2D eigenvalue weighted by Gasteiger charge is 2.27. The number of anilines is 2. The molecule has 0 saturated heterocycles. The predicted octanol–water partition coefficient (Wildman–Crippen LogP) is 3.24. The monoisotopic (exact) mass is 268 g/mol. The average molecular weight is 268 g/mol. The van der Waals surface area contributed by atoms with Gasteiger partial charge in [-0.05, 0) is 43.5 Å². The fraction of sp³-hybridized carbons (Fsp3) is 0.294. The summed E-state index contributed by atoms with van der Waals surface area (Å²) < 4.78 is 0. The summed E-state index contributed by atoms with van der Waals surface area (Å²) >= 11 is 0. The number of hydrogen-bond donors (Lipinski definition) is 2. The molecule has 0 heterocycles. The normalized spacial score (nSPS) is 21.9. The fourth-order valence-electron chi connectivity index (χ4n) is 2.71.